The van der Waals surface area contributed by atoms with Gasteiger partial charge in [-0.3, -0.25) is 19.2 Å². The summed E-state index contributed by atoms with van der Waals surface area (Å²) in [5, 5.41) is 1.15. The van der Waals surface area contributed by atoms with Gasteiger partial charge in [0.05, 0.1) is 26.4 Å². The summed E-state index contributed by atoms with van der Waals surface area (Å²) in [4.78, 5) is 56.3. The number of para-hydroxylation sites is 4. The second kappa shape index (κ2) is 26.4. The lowest BCUT2D eigenvalue weighted by molar-refractivity contribution is -0.164. The number of benzene rings is 6. The van der Waals surface area contributed by atoms with Gasteiger partial charge >= 0.3 is 23.9 Å². The number of hydrogen-bond acceptors (Lipinski definition) is 10. The van der Waals surface area contributed by atoms with Crippen molar-refractivity contribution >= 4 is 69.8 Å². The van der Waals surface area contributed by atoms with Gasteiger partial charge in [0.15, 0.2) is 11.8 Å². The molecular weight excluding hydrogens is 876 g/mol. The quantitative estimate of drug-likeness (QED) is 0.0417. The highest BCUT2D eigenvalue weighted by Gasteiger charge is 2.41. The Morgan fingerprint density at radius 1 is 0.379 bits per heavy atom. The molecule has 0 fully saturated rings. The monoisotopic (exact) mass is 930 g/mol. The molecule has 66 heavy (non-hydrogen) atoms. The van der Waals surface area contributed by atoms with Gasteiger partial charge in [0.1, 0.15) is 0 Å². The molecule has 0 N–H and O–H groups in total. The zero-order valence-electron chi connectivity index (χ0n) is 37.6. The number of anilines is 4. The van der Waals surface area contributed by atoms with Crippen LogP contribution in [0.25, 0.3) is 0 Å². The number of carbonyl (C=O) groups excluding carboxylic acids is 4. The first-order chi connectivity index (χ1) is 32.1. The van der Waals surface area contributed by atoms with E-state index in [0.29, 0.717) is 23.1 Å². The molecule has 344 valence electrons. The Kier molecular flexibility index (Phi) is 20.1. The minimum Gasteiger partial charge on any atom is -0.465 e. The van der Waals surface area contributed by atoms with Crippen LogP contribution < -0.4 is 9.80 Å². The Hall–Kier alpha value is -6.62. The molecule has 0 saturated carbocycles. The van der Waals surface area contributed by atoms with Crippen molar-refractivity contribution in [2.45, 2.75) is 39.5 Å². The zero-order valence-corrected chi connectivity index (χ0v) is 39.1. The van der Waals surface area contributed by atoms with E-state index in [1.807, 2.05) is 146 Å². The van der Waals surface area contributed by atoms with Crippen molar-refractivity contribution in [2.24, 2.45) is 11.8 Å². The molecular formula is C54H56Cl2N2O8. The fourth-order valence-corrected chi connectivity index (χ4v) is 7.80. The molecule has 6 aromatic rings. The molecule has 0 heterocycles. The molecule has 6 rings (SSSR count). The van der Waals surface area contributed by atoms with E-state index in [9.17, 15) is 19.2 Å². The van der Waals surface area contributed by atoms with Gasteiger partial charge in [-0.05, 0) is 112 Å². The Bertz CT molecular complexity index is 2110. The summed E-state index contributed by atoms with van der Waals surface area (Å²) in [6.45, 7) is 8.25. The zero-order chi connectivity index (χ0) is 47.3. The molecule has 0 aliphatic carbocycles. The maximum absolute atomic E-state index is 13.0. The van der Waals surface area contributed by atoms with Gasteiger partial charge in [0.2, 0.25) is 0 Å². The van der Waals surface area contributed by atoms with E-state index in [4.69, 9.17) is 42.1 Å². The molecule has 0 aromatic heterocycles. The summed E-state index contributed by atoms with van der Waals surface area (Å²) in [5.74, 6) is -5.73. The summed E-state index contributed by atoms with van der Waals surface area (Å²) < 4.78 is 21.2. The first kappa shape index (κ1) is 50.4. The van der Waals surface area contributed by atoms with E-state index < -0.39 is 47.5 Å². The third kappa shape index (κ3) is 14.2. The van der Waals surface area contributed by atoms with E-state index in [2.05, 4.69) is 9.80 Å². The third-order valence-electron chi connectivity index (χ3n) is 10.6. The average Bonchev–Trinajstić information content (AvgIpc) is 3.34. The van der Waals surface area contributed by atoms with Crippen molar-refractivity contribution in [3.8, 4) is 0 Å². The molecule has 0 unspecified atom stereocenters. The summed E-state index contributed by atoms with van der Waals surface area (Å²) >= 11 is 12.2. The minimum atomic E-state index is -1.12. The van der Waals surface area contributed by atoms with Crippen molar-refractivity contribution in [3.05, 3.63) is 191 Å². The topological polar surface area (TPSA) is 112 Å². The van der Waals surface area contributed by atoms with Gasteiger partial charge in [-0.15, -0.1) is 0 Å². The maximum Gasteiger partial charge on any atom is 0.321 e. The number of rotatable bonds is 20. The maximum atomic E-state index is 13.0. The van der Waals surface area contributed by atoms with Crippen LogP contribution in [0.5, 0.6) is 0 Å². The molecule has 0 spiro atoms. The van der Waals surface area contributed by atoms with Crippen molar-refractivity contribution in [3.63, 3.8) is 0 Å². The normalized spacial score (nSPS) is 11.6. The van der Waals surface area contributed by atoms with Crippen LogP contribution in [0.4, 0.5) is 22.7 Å². The first-order valence-electron chi connectivity index (χ1n) is 22.0. The molecule has 10 nitrogen and oxygen atoms in total. The molecule has 0 radical (unpaired) electrons. The van der Waals surface area contributed by atoms with Crippen LogP contribution in [0.15, 0.2) is 170 Å². The standard InChI is InChI=1S/2C27H28ClNO4/c2*1-3-32-26(30)25(27(31)33-4-2)24(20-15-17-21(28)18-16-20)19-29(22-11-7-5-8-12-22)23-13-9-6-10-14-23/h2*5-18,24-25H,3-4,19H2,1-2H3/t2*24-/m11/s1. The predicted molar refractivity (Wildman–Crippen MR) is 262 cm³/mol. The Labute approximate surface area is 398 Å². The second-order valence-corrected chi connectivity index (χ2v) is 15.7. The van der Waals surface area contributed by atoms with Crippen molar-refractivity contribution in [1.82, 2.24) is 0 Å². The summed E-state index contributed by atoms with van der Waals surface area (Å²) in [5.41, 5.74) is 5.34. The van der Waals surface area contributed by atoms with Crippen LogP contribution in [0.1, 0.15) is 50.7 Å². The lowest BCUT2D eigenvalue weighted by Crippen LogP contribution is -2.38. The van der Waals surface area contributed by atoms with E-state index in [1.165, 1.54) is 0 Å². The molecule has 12 heteroatoms. The molecule has 6 aromatic carbocycles. The summed E-state index contributed by atoms with van der Waals surface area (Å²) in [6.07, 6.45) is 0. The molecule has 2 atom stereocenters. The largest absolute Gasteiger partial charge is 0.465 e. The van der Waals surface area contributed by atoms with E-state index >= 15 is 0 Å². The number of halogens is 2. The Balaban J connectivity index is 0.000000247. The van der Waals surface area contributed by atoms with E-state index in [1.54, 1.807) is 52.0 Å². The van der Waals surface area contributed by atoms with Gasteiger partial charge in [0.25, 0.3) is 0 Å². The number of ether oxygens (including phenoxy) is 4. The lowest BCUT2D eigenvalue weighted by Gasteiger charge is -2.32. The average molecular weight is 932 g/mol. The minimum absolute atomic E-state index is 0.170. The van der Waals surface area contributed by atoms with Gasteiger partial charge in [-0.1, -0.05) is 120 Å². The lowest BCUT2D eigenvalue weighted by atomic mass is 9.85. The van der Waals surface area contributed by atoms with Crippen LogP contribution >= 0.6 is 23.2 Å². The number of nitrogens with zero attached hydrogens (tertiary/aromatic N) is 2. The van der Waals surface area contributed by atoms with Crippen molar-refractivity contribution in [2.75, 3.05) is 49.3 Å². The SMILES string of the molecule is CCOC(=O)C(C(=O)OCC)[C@H](CN(c1ccccc1)c1ccccc1)c1ccc(Cl)cc1.CCOC(=O)C(C(=O)OCC)[C@H](CN(c1ccccc1)c1ccccc1)c1ccc(Cl)cc1. The second-order valence-electron chi connectivity index (χ2n) is 14.8. The Morgan fingerprint density at radius 3 is 0.818 bits per heavy atom. The highest BCUT2D eigenvalue weighted by molar-refractivity contribution is 6.30. The smallest absolute Gasteiger partial charge is 0.321 e. The molecule has 0 aliphatic rings. The first-order valence-corrected chi connectivity index (χ1v) is 22.8. The van der Waals surface area contributed by atoms with Crippen molar-refractivity contribution in [1.29, 1.82) is 0 Å². The van der Waals surface area contributed by atoms with Gasteiger partial charge in [-0.2, -0.15) is 0 Å². The Morgan fingerprint density at radius 2 is 0.606 bits per heavy atom. The number of hydrogen-bond donors (Lipinski definition) is 0. The van der Waals surface area contributed by atoms with Gasteiger partial charge < -0.3 is 28.7 Å². The van der Waals surface area contributed by atoms with Crippen LogP contribution in [0.2, 0.25) is 10.0 Å². The molecule has 0 amide bonds. The van der Waals surface area contributed by atoms with E-state index in [-0.39, 0.29) is 26.4 Å². The van der Waals surface area contributed by atoms with Crippen LogP contribution in [-0.4, -0.2) is 63.4 Å². The highest BCUT2D eigenvalue weighted by atomic mass is 35.5. The molecule has 0 saturated heterocycles. The summed E-state index contributed by atoms with van der Waals surface area (Å²) in [7, 11) is 0. The van der Waals surface area contributed by atoms with Crippen molar-refractivity contribution < 1.29 is 38.1 Å². The van der Waals surface area contributed by atoms with E-state index in [0.717, 1.165) is 33.9 Å². The fraction of sp³-hybridized carbons (Fsp3) is 0.259. The summed E-state index contributed by atoms with van der Waals surface area (Å²) in [6, 6.07) is 53.8. The van der Waals surface area contributed by atoms with Crippen LogP contribution in [0, 0.1) is 11.8 Å². The number of carbonyl (C=O) groups is 4. The van der Waals surface area contributed by atoms with Crippen LogP contribution in [-0.2, 0) is 38.1 Å². The number of esters is 4. The predicted octanol–water partition coefficient (Wildman–Crippen LogP) is 12.0. The molecule has 0 bridgehead atoms. The third-order valence-corrected chi connectivity index (χ3v) is 11.1. The van der Waals surface area contributed by atoms with Gasteiger partial charge in [0, 0.05) is 57.7 Å². The van der Waals surface area contributed by atoms with Gasteiger partial charge in [-0.25, -0.2) is 0 Å². The van der Waals surface area contributed by atoms with Crippen LogP contribution in [0.3, 0.4) is 0 Å². The highest BCUT2D eigenvalue weighted by Crippen LogP contribution is 2.36. The molecule has 0 aliphatic heterocycles. The fourth-order valence-electron chi connectivity index (χ4n) is 7.55.